The van der Waals surface area contributed by atoms with Crippen LogP contribution in [0.1, 0.15) is 18.9 Å². The molecule has 0 radical (unpaired) electrons. The molecule has 4 heteroatoms. The van der Waals surface area contributed by atoms with Crippen molar-refractivity contribution in [3.8, 4) is 11.5 Å². The van der Waals surface area contributed by atoms with E-state index in [1.54, 1.807) is 14.2 Å². The van der Waals surface area contributed by atoms with Gasteiger partial charge in [-0.3, -0.25) is 0 Å². The number of halogens is 1. The lowest BCUT2D eigenvalue weighted by molar-refractivity contribution is 0.354. The van der Waals surface area contributed by atoms with Crippen molar-refractivity contribution in [3.63, 3.8) is 0 Å². The topological polar surface area (TPSA) is 30.5 Å². The summed E-state index contributed by atoms with van der Waals surface area (Å²) in [5, 5.41) is 3.92. The number of nitrogens with one attached hydrogen (secondary N) is 1. The highest BCUT2D eigenvalue weighted by molar-refractivity contribution is 6.33. The molecule has 90 valence electrons. The van der Waals surface area contributed by atoms with Crippen LogP contribution < -0.4 is 14.8 Å². The summed E-state index contributed by atoms with van der Waals surface area (Å²) in [5.41, 5.74) is 1.02. The third kappa shape index (κ3) is 3.03. The molecule has 1 aromatic rings. The largest absolute Gasteiger partial charge is 0.493 e. The van der Waals surface area contributed by atoms with Crippen molar-refractivity contribution in [1.82, 2.24) is 5.32 Å². The summed E-state index contributed by atoms with van der Waals surface area (Å²) in [6.07, 6.45) is 1.10. The first-order valence-corrected chi connectivity index (χ1v) is 5.72. The lowest BCUT2D eigenvalue weighted by atomic mass is 10.2. The zero-order chi connectivity index (χ0) is 12.0. The standard InChI is InChI=1S/C12H18ClNO2/c1-4-7-14-8-9-5-6-10(15-2)12(16-3)11(9)13/h5-6,14H,4,7-8H2,1-3H3. The summed E-state index contributed by atoms with van der Waals surface area (Å²) >= 11 is 6.23. The zero-order valence-electron chi connectivity index (χ0n) is 9.97. The van der Waals surface area contributed by atoms with Crippen LogP contribution in [0.5, 0.6) is 11.5 Å². The van der Waals surface area contributed by atoms with Crippen LogP contribution in [0.15, 0.2) is 12.1 Å². The molecule has 0 amide bonds. The van der Waals surface area contributed by atoms with Gasteiger partial charge in [0.05, 0.1) is 19.2 Å². The van der Waals surface area contributed by atoms with Gasteiger partial charge in [-0.05, 0) is 24.6 Å². The first-order valence-electron chi connectivity index (χ1n) is 5.34. The van der Waals surface area contributed by atoms with Crippen molar-refractivity contribution in [2.24, 2.45) is 0 Å². The normalized spacial score (nSPS) is 10.2. The van der Waals surface area contributed by atoms with E-state index in [9.17, 15) is 0 Å². The van der Waals surface area contributed by atoms with E-state index in [-0.39, 0.29) is 0 Å². The van der Waals surface area contributed by atoms with E-state index in [4.69, 9.17) is 21.1 Å². The van der Waals surface area contributed by atoms with Gasteiger partial charge in [-0.2, -0.15) is 0 Å². The Morgan fingerprint density at radius 1 is 1.25 bits per heavy atom. The summed E-state index contributed by atoms with van der Waals surface area (Å²) in [5.74, 6) is 1.26. The highest BCUT2D eigenvalue weighted by Crippen LogP contribution is 2.37. The third-order valence-corrected chi connectivity index (χ3v) is 2.72. The highest BCUT2D eigenvalue weighted by Gasteiger charge is 2.12. The Morgan fingerprint density at radius 2 is 2.00 bits per heavy atom. The Kier molecular flexibility index (Phi) is 5.43. The molecule has 0 aliphatic rings. The van der Waals surface area contributed by atoms with Crippen molar-refractivity contribution in [2.45, 2.75) is 19.9 Å². The molecule has 0 aliphatic heterocycles. The molecule has 0 bridgehead atoms. The average Bonchev–Trinajstić information content (AvgIpc) is 2.31. The molecule has 0 aliphatic carbocycles. The molecule has 0 saturated carbocycles. The minimum Gasteiger partial charge on any atom is -0.493 e. The fraction of sp³-hybridized carbons (Fsp3) is 0.500. The summed E-state index contributed by atoms with van der Waals surface area (Å²) in [6.45, 7) is 3.85. The second-order valence-electron chi connectivity index (χ2n) is 3.45. The van der Waals surface area contributed by atoms with Crippen LogP contribution in [0.3, 0.4) is 0 Å². The second kappa shape index (κ2) is 6.61. The van der Waals surface area contributed by atoms with Gasteiger partial charge >= 0.3 is 0 Å². The van der Waals surface area contributed by atoms with Crippen molar-refractivity contribution < 1.29 is 9.47 Å². The van der Waals surface area contributed by atoms with Crippen LogP contribution in [0.2, 0.25) is 5.02 Å². The minimum absolute atomic E-state index is 0.597. The molecule has 1 rings (SSSR count). The Morgan fingerprint density at radius 3 is 2.56 bits per heavy atom. The van der Waals surface area contributed by atoms with Crippen molar-refractivity contribution in [1.29, 1.82) is 0 Å². The monoisotopic (exact) mass is 243 g/mol. The molecule has 0 atom stereocenters. The number of methoxy groups -OCH3 is 2. The lowest BCUT2D eigenvalue weighted by Gasteiger charge is -2.13. The summed E-state index contributed by atoms with van der Waals surface area (Å²) in [7, 11) is 3.19. The minimum atomic E-state index is 0.597. The fourth-order valence-electron chi connectivity index (χ4n) is 1.47. The molecular weight excluding hydrogens is 226 g/mol. The highest BCUT2D eigenvalue weighted by atomic mass is 35.5. The van der Waals surface area contributed by atoms with Gasteiger partial charge in [-0.25, -0.2) is 0 Å². The van der Waals surface area contributed by atoms with Gasteiger partial charge in [0.25, 0.3) is 0 Å². The van der Waals surface area contributed by atoms with E-state index in [1.165, 1.54) is 0 Å². The predicted molar refractivity (Wildman–Crippen MR) is 66.6 cm³/mol. The third-order valence-electron chi connectivity index (χ3n) is 2.31. The van der Waals surface area contributed by atoms with Crippen LogP contribution in [0, 0.1) is 0 Å². The van der Waals surface area contributed by atoms with Gasteiger partial charge in [0, 0.05) is 6.54 Å². The Balaban J connectivity index is 2.86. The zero-order valence-corrected chi connectivity index (χ0v) is 10.7. The van der Waals surface area contributed by atoms with E-state index >= 15 is 0 Å². The molecule has 0 saturated heterocycles. The molecule has 1 aromatic carbocycles. The first-order chi connectivity index (χ1) is 7.74. The lowest BCUT2D eigenvalue weighted by Crippen LogP contribution is -2.14. The molecule has 16 heavy (non-hydrogen) atoms. The maximum absolute atomic E-state index is 6.23. The Labute approximate surface area is 102 Å². The summed E-state index contributed by atoms with van der Waals surface area (Å²) in [4.78, 5) is 0. The van der Waals surface area contributed by atoms with Gasteiger partial charge in [0.15, 0.2) is 11.5 Å². The average molecular weight is 244 g/mol. The Hall–Kier alpha value is -0.930. The second-order valence-corrected chi connectivity index (χ2v) is 3.83. The van der Waals surface area contributed by atoms with Crippen LogP contribution in [-0.2, 0) is 6.54 Å². The van der Waals surface area contributed by atoms with Gasteiger partial charge in [-0.1, -0.05) is 24.6 Å². The first kappa shape index (κ1) is 13.1. The van der Waals surface area contributed by atoms with Gasteiger partial charge < -0.3 is 14.8 Å². The number of ether oxygens (including phenoxy) is 2. The molecular formula is C12H18ClNO2. The van der Waals surface area contributed by atoms with E-state index in [2.05, 4.69) is 12.2 Å². The van der Waals surface area contributed by atoms with Crippen LogP contribution in [0.25, 0.3) is 0 Å². The molecule has 0 aromatic heterocycles. The number of rotatable bonds is 6. The smallest absolute Gasteiger partial charge is 0.179 e. The number of hydrogen-bond donors (Lipinski definition) is 1. The molecule has 0 unspecified atom stereocenters. The predicted octanol–water partition coefficient (Wildman–Crippen LogP) is 2.86. The van der Waals surface area contributed by atoms with Gasteiger partial charge in [0.2, 0.25) is 0 Å². The number of benzene rings is 1. The van der Waals surface area contributed by atoms with Crippen LogP contribution >= 0.6 is 11.6 Å². The van der Waals surface area contributed by atoms with Gasteiger partial charge in [0.1, 0.15) is 0 Å². The van der Waals surface area contributed by atoms with Crippen molar-refractivity contribution in [2.75, 3.05) is 20.8 Å². The van der Waals surface area contributed by atoms with Crippen LogP contribution in [-0.4, -0.2) is 20.8 Å². The van der Waals surface area contributed by atoms with Gasteiger partial charge in [-0.15, -0.1) is 0 Å². The van der Waals surface area contributed by atoms with E-state index in [1.807, 2.05) is 12.1 Å². The number of hydrogen-bond acceptors (Lipinski definition) is 3. The van der Waals surface area contributed by atoms with E-state index in [0.717, 1.165) is 25.1 Å². The summed E-state index contributed by atoms with van der Waals surface area (Å²) in [6, 6.07) is 3.82. The van der Waals surface area contributed by atoms with Crippen LogP contribution in [0.4, 0.5) is 0 Å². The molecule has 1 N–H and O–H groups in total. The molecule has 0 heterocycles. The van der Waals surface area contributed by atoms with E-state index in [0.29, 0.717) is 16.5 Å². The molecule has 0 spiro atoms. The molecule has 3 nitrogen and oxygen atoms in total. The maximum Gasteiger partial charge on any atom is 0.179 e. The Bertz CT molecular complexity index is 342. The molecule has 0 fully saturated rings. The quantitative estimate of drug-likeness (QED) is 0.780. The maximum atomic E-state index is 6.23. The van der Waals surface area contributed by atoms with Crippen molar-refractivity contribution in [3.05, 3.63) is 22.7 Å². The SMILES string of the molecule is CCCNCc1ccc(OC)c(OC)c1Cl. The summed E-state index contributed by atoms with van der Waals surface area (Å²) < 4.78 is 10.4. The van der Waals surface area contributed by atoms with E-state index < -0.39 is 0 Å². The fourth-order valence-corrected chi connectivity index (χ4v) is 1.77. The van der Waals surface area contributed by atoms with Crippen molar-refractivity contribution >= 4 is 11.6 Å².